The summed E-state index contributed by atoms with van der Waals surface area (Å²) in [5, 5.41) is 2.66. The van der Waals surface area contributed by atoms with Crippen LogP contribution in [0.3, 0.4) is 0 Å². The first-order chi connectivity index (χ1) is 14.2. The molecule has 0 radical (unpaired) electrons. The van der Waals surface area contributed by atoms with Crippen molar-refractivity contribution in [2.24, 2.45) is 0 Å². The molecule has 4 aromatic carbocycles. The second kappa shape index (κ2) is 8.27. The third kappa shape index (κ3) is 3.40. The Kier molecular flexibility index (Phi) is 6.01. The third-order valence-electron chi connectivity index (χ3n) is 6.73. The van der Waals surface area contributed by atoms with Crippen molar-refractivity contribution in [2.75, 3.05) is 0 Å². The highest BCUT2D eigenvalue weighted by Crippen LogP contribution is 2.44. The zero-order valence-corrected chi connectivity index (χ0v) is 22.7. The van der Waals surface area contributed by atoms with Gasteiger partial charge in [-0.2, -0.15) is 0 Å². The minimum Gasteiger partial charge on any atom is -0.0616 e. The molecular weight excluding hydrogens is 590 g/mol. The molecule has 0 atom stereocenters. The second-order valence-electron chi connectivity index (χ2n) is 8.26. The molecule has 0 heterocycles. The minimum absolute atomic E-state index is 1.31. The van der Waals surface area contributed by atoms with Crippen molar-refractivity contribution in [2.45, 2.75) is 41.5 Å². The molecule has 152 valence electrons. The van der Waals surface area contributed by atoms with Gasteiger partial charge in [0.05, 0.1) is 0 Å². The summed E-state index contributed by atoms with van der Waals surface area (Å²) >= 11 is 5.04. The van der Waals surface area contributed by atoms with Crippen LogP contribution in [0.5, 0.6) is 0 Å². The van der Waals surface area contributed by atoms with Crippen LogP contribution in [0.4, 0.5) is 0 Å². The Balaban J connectivity index is 2.15. The number of fused-ring (bicyclic) bond motifs is 1. The van der Waals surface area contributed by atoms with Gasteiger partial charge in [0, 0.05) is 12.7 Å². The monoisotopic (exact) mass is 616 g/mol. The van der Waals surface area contributed by atoms with E-state index in [9.17, 15) is 0 Å². The molecule has 0 aliphatic carbocycles. The molecule has 0 aromatic heterocycles. The average molecular weight is 616 g/mol. The molecule has 0 nitrogen and oxygen atoms in total. The number of halogens is 2. The van der Waals surface area contributed by atoms with Crippen LogP contribution >= 0.6 is 45.2 Å². The van der Waals surface area contributed by atoms with E-state index in [-0.39, 0.29) is 0 Å². The second-order valence-corrected chi connectivity index (χ2v) is 10.5. The lowest BCUT2D eigenvalue weighted by Crippen LogP contribution is -2.02. The van der Waals surface area contributed by atoms with Crippen molar-refractivity contribution >= 4 is 56.0 Å². The van der Waals surface area contributed by atoms with Crippen LogP contribution < -0.4 is 0 Å². The average Bonchev–Trinajstić information content (AvgIpc) is 2.74. The molecule has 0 unspecified atom stereocenters. The van der Waals surface area contributed by atoms with Crippen molar-refractivity contribution in [1.82, 2.24) is 0 Å². The summed E-state index contributed by atoms with van der Waals surface area (Å²) in [6, 6.07) is 17.9. The highest BCUT2D eigenvalue weighted by Gasteiger charge is 2.20. The fourth-order valence-corrected chi connectivity index (χ4v) is 6.07. The van der Waals surface area contributed by atoms with E-state index in [1.165, 1.54) is 73.5 Å². The first kappa shape index (κ1) is 21.8. The number of hydrogen-bond donors (Lipinski definition) is 0. The van der Waals surface area contributed by atoms with Crippen LogP contribution in [0.15, 0.2) is 48.5 Å². The Morgan fingerprint density at radius 1 is 0.533 bits per heavy atom. The summed E-state index contributed by atoms with van der Waals surface area (Å²) in [6.45, 7) is 13.5. The van der Waals surface area contributed by atoms with Gasteiger partial charge in [-0.25, -0.2) is 0 Å². The molecule has 0 aliphatic rings. The van der Waals surface area contributed by atoms with Crippen LogP contribution in [0.25, 0.3) is 33.0 Å². The van der Waals surface area contributed by atoms with E-state index in [0.717, 1.165) is 0 Å². The van der Waals surface area contributed by atoms with Crippen molar-refractivity contribution in [1.29, 1.82) is 0 Å². The molecule has 2 heteroatoms. The predicted octanol–water partition coefficient (Wildman–Crippen LogP) is 9.23. The highest BCUT2D eigenvalue weighted by atomic mass is 127. The summed E-state index contributed by atoms with van der Waals surface area (Å²) in [5.41, 5.74) is 13.8. The summed E-state index contributed by atoms with van der Waals surface area (Å²) in [7, 11) is 0. The molecule has 4 aromatic rings. The molecule has 0 bridgehead atoms. The zero-order valence-electron chi connectivity index (χ0n) is 18.4. The molecule has 0 N–H and O–H groups in total. The maximum absolute atomic E-state index is 2.55. The number of aryl methyl sites for hydroxylation is 1. The Labute approximate surface area is 207 Å². The van der Waals surface area contributed by atoms with Gasteiger partial charge in [0.15, 0.2) is 0 Å². The summed E-state index contributed by atoms with van der Waals surface area (Å²) < 4.78 is 2.64. The molecule has 0 fully saturated rings. The van der Waals surface area contributed by atoms with Gasteiger partial charge in [0.2, 0.25) is 0 Å². The highest BCUT2D eigenvalue weighted by molar-refractivity contribution is 14.1. The molecule has 0 spiro atoms. The number of hydrogen-bond acceptors (Lipinski definition) is 0. The van der Waals surface area contributed by atoms with Gasteiger partial charge in [0.25, 0.3) is 0 Å². The normalized spacial score (nSPS) is 11.3. The van der Waals surface area contributed by atoms with Gasteiger partial charge in [-0.15, -0.1) is 0 Å². The van der Waals surface area contributed by atoms with E-state index >= 15 is 0 Å². The van der Waals surface area contributed by atoms with E-state index in [4.69, 9.17) is 0 Å². The maximum atomic E-state index is 2.55. The van der Waals surface area contributed by atoms with Gasteiger partial charge < -0.3 is 0 Å². The van der Waals surface area contributed by atoms with Crippen LogP contribution in [0, 0.1) is 48.7 Å². The van der Waals surface area contributed by atoms with Crippen LogP contribution in [0.2, 0.25) is 0 Å². The maximum Gasteiger partial charge on any atom is 0.0238 e. The molecule has 30 heavy (non-hydrogen) atoms. The SMILES string of the molecule is Cc1cccc(-c2cc(I)c(-c3c(C)c(C)c(C)c(C)c3C)c3ccccc23)c1I. The van der Waals surface area contributed by atoms with E-state index < -0.39 is 0 Å². The number of rotatable bonds is 2. The summed E-state index contributed by atoms with van der Waals surface area (Å²) in [4.78, 5) is 0. The van der Waals surface area contributed by atoms with Crippen LogP contribution in [0.1, 0.15) is 33.4 Å². The fraction of sp³-hybridized carbons (Fsp3) is 0.214. The largest absolute Gasteiger partial charge is 0.0616 e. The Bertz CT molecular complexity index is 1280. The molecule has 0 saturated heterocycles. The van der Waals surface area contributed by atoms with Gasteiger partial charge in [-0.3, -0.25) is 0 Å². The topological polar surface area (TPSA) is 0 Å². The molecule has 0 aliphatic heterocycles. The van der Waals surface area contributed by atoms with Crippen molar-refractivity contribution < 1.29 is 0 Å². The Morgan fingerprint density at radius 3 is 1.73 bits per heavy atom. The lowest BCUT2D eigenvalue weighted by Gasteiger charge is -2.22. The predicted molar refractivity (Wildman–Crippen MR) is 149 cm³/mol. The summed E-state index contributed by atoms with van der Waals surface area (Å²) in [6.07, 6.45) is 0. The van der Waals surface area contributed by atoms with Crippen molar-refractivity contribution in [3.63, 3.8) is 0 Å². The van der Waals surface area contributed by atoms with Crippen LogP contribution in [-0.4, -0.2) is 0 Å². The first-order valence-corrected chi connectivity index (χ1v) is 12.4. The van der Waals surface area contributed by atoms with E-state index in [0.29, 0.717) is 0 Å². The lowest BCUT2D eigenvalue weighted by atomic mass is 9.83. The smallest absolute Gasteiger partial charge is 0.0238 e. The first-order valence-electron chi connectivity index (χ1n) is 10.3. The van der Waals surface area contributed by atoms with Gasteiger partial charge in [-0.05, 0) is 154 Å². The Morgan fingerprint density at radius 2 is 1.10 bits per heavy atom. The molecule has 4 rings (SSSR count). The lowest BCUT2D eigenvalue weighted by molar-refractivity contribution is 1.18. The Hall–Kier alpha value is -1.40. The zero-order chi connectivity index (χ0) is 21.7. The molecule has 0 saturated carbocycles. The fourth-order valence-electron chi connectivity index (χ4n) is 4.55. The summed E-state index contributed by atoms with van der Waals surface area (Å²) in [5.74, 6) is 0. The van der Waals surface area contributed by atoms with E-state index in [2.05, 4.69) is 135 Å². The van der Waals surface area contributed by atoms with Crippen molar-refractivity contribution in [3.05, 3.63) is 89.1 Å². The van der Waals surface area contributed by atoms with Gasteiger partial charge >= 0.3 is 0 Å². The molecule has 0 amide bonds. The third-order valence-corrected chi connectivity index (χ3v) is 9.01. The van der Waals surface area contributed by atoms with Gasteiger partial charge in [0.1, 0.15) is 0 Å². The van der Waals surface area contributed by atoms with Crippen molar-refractivity contribution in [3.8, 4) is 22.3 Å². The minimum atomic E-state index is 1.31. The standard InChI is InChI=1S/C28H26I2/c1-15-10-9-13-23(28(15)30)24-14-25(29)27(22-12-8-7-11-21(22)24)26-19(5)17(3)16(2)18(4)20(26)6/h7-14H,1-6H3. The van der Waals surface area contributed by atoms with E-state index in [1.807, 2.05) is 0 Å². The molecular formula is C28H26I2. The van der Waals surface area contributed by atoms with Crippen LogP contribution in [-0.2, 0) is 0 Å². The van der Waals surface area contributed by atoms with E-state index in [1.54, 1.807) is 0 Å². The number of benzene rings is 4. The quantitative estimate of drug-likeness (QED) is 0.197. The van der Waals surface area contributed by atoms with Gasteiger partial charge in [-0.1, -0.05) is 42.5 Å².